The van der Waals surface area contributed by atoms with E-state index in [4.69, 9.17) is 0 Å². The third-order valence-electron chi connectivity index (χ3n) is 3.24. The summed E-state index contributed by atoms with van der Waals surface area (Å²) in [6, 6.07) is 15.0. The molecule has 4 nitrogen and oxygen atoms in total. The molecule has 19 heavy (non-hydrogen) atoms. The van der Waals surface area contributed by atoms with Gasteiger partial charge in [0.15, 0.2) is 0 Å². The number of hydrogen-bond acceptors (Lipinski definition) is 2. The minimum Gasteiger partial charge on any atom is -0.361 e. The van der Waals surface area contributed by atoms with Gasteiger partial charge in [-0.25, -0.2) is 0 Å². The Morgan fingerprint density at radius 2 is 1.84 bits per heavy atom. The van der Waals surface area contributed by atoms with E-state index >= 15 is 0 Å². The van der Waals surface area contributed by atoms with Crippen molar-refractivity contribution in [2.75, 3.05) is 0 Å². The van der Waals surface area contributed by atoms with E-state index < -0.39 is 0 Å². The van der Waals surface area contributed by atoms with Crippen molar-refractivity contribution in [3.8, 4) is 0 Å². The molecule has 0 amide bonds. The van der Waals surface area contributed by atoms with Gasteiger partial charge >= 0.3 is 0 Å². The maximum Gasteiger partial charge on any atom is 0.273 e. The van der Waals surface area contributed by atoms with Gasteiger partial charge in [-0.15, -0.1) is 0 Å². The average Bonchev–Trinajstić information content (AvgIpc) is 2.88. The number of nitrogens with one attached hydrogen (secondary N) is 1. The SMILES string of the molecule is O=[N+]([O-])c1ccc2[nH]ccc2c1Cc1ccccc1. The van der Waals surface area contributed by atoms with Crippen LogP contribution in [0.4, 0.5) is 5.69 Å². The van der Waals surface area contributed by atoms with Crippen LogP contribution < -0.4 is 0 Å². The topological polar surface area (TPSA) is 58.9 Å². The summed E-state index contributed by atoms with van der Waals surface area (Å²) >= 11 is 0. The quantitative estimate of drug-likeness (QED) is 0.571. The number of H-pyrrole nitrogens is 1. The predicted molar refractivity (Wildman–Crippen MR) is 74.2 cm³/mol. The van der Waals surface area contributed by atoms with Crippen LogP contribution in [0.5, 0.6) is 0 Å². The van der Waals surface area contributed by atoms with E-state index in [-0.39, 0.29) is 10.6 Å². The molecule has 4 heteroatoms. The molecule has 2 aromatic carbocycles. The Labute approximate surface area is 109 Å². The van der Waals surface area contributed by atoms with Gasteiger partial charge in [0.2, 0.25) is 0 Å². The van der Waals surface area contributed by atoms with Gasteiger partial charge in [-0.2, -0.15) is 0 Å². The van der Waals surface area contributed by atoms with Crippen molar-refractivity contribution in [1.29, 1.82) is 0 Å². The van der Waals surface area contributed by atoms with E-state index in [0.29, 0.717) is 6.42 Å². The van der Waals surface area contributed by atoms with Crippen molar-refractivity contribution in [2.24, 2.45) is 0 Å². The molecule has 0 bridgehead atoms. The monoisotopic (exact) mass is 252 g/mol. The Kier molecular flexibility index (Phi) is 2.76. The average molecular weight is 252 g/mol. The van der Waals surface area contributed by atoms with Crippen LogP contribution in [0.2, 0.25) is 0 Å². The number of nitro groups is 1. The lowest BCUT2D eigenvalue weighted by Gasteiger charge is -2.05. The lowest BCUT2D eigenvalue weighted by Crippen LogP contribution is -1.97. The van der Waals surface area contributed by atoms with Crippen LogP contribution in [-0.4, -0.2) is 9.91 Å². The summed E-state index contributed by atoms with van der Waals surface area (Å²) in [7, 11) is 0. The molecule has 1 heterocycles. The van der Waals surface area contributed by atoms with E-state index in [2.05, 4.69) is 4.98 Å². The number of rotatable bonds is 3. The minimum atomic E-state index is -0.315. The van der Waals surface area contributed by atoms with Crippen LogP contribution in [0.25, 0.3) is 10.9 Å². The zero-order valence-electron chi connectivity index (χ0n) is 10.2. The van der Waals surface area contributed by atoms with Crippen molar-refractivity contribution in [1.82, 2.24) is 4.98 Å². The Bertz CT molecular complexity index is 732. The number of aromatic nitrogens is 1. The van der Waals surface area contributed by atoms with E-state index in [1.165, 1.54) is 0 Å². The fraction of sp³-hybridized carbons (Fsp3) is 0.0667. The molecule has 0 radical (unpaired) electrons. The number of fused-ring (bicyclic) bond motifs is 1. The van der Waals surface area contributed by atoms with Gasteiger partial charge in [0.1, 0.15) is 0 Å². The first kappa shape index (κ1) is 11.5. The van der Waals surface area contributed by atoms with Crippen molar-refractivity contribution in [2.45, 2.75) is 6.42 Å². The predicted octanol–water partition coefficient (Wildman–Crippen LogP) is 3.67. The maximum absolute atomic E-state index is 11.2. The molecule has 0 saturated heterocycles. The highest BCUT2D eigenvalue weighted by Crippen LogP contribution is 2.29. The first-order valence-corrected chi connectivity index (χ1v) is 6.03. The first-order chi connectivity index (χ1) is 9.25. The molecule has 3 aromatic rings. The van der Waals surface area contributed by atoms with Gasteiger partial charge in [0, 0.05) is 35.2 Å². The highest BCUT2D eigenvalue weighted by atomic mass is 16.6. The lowest BCUT2D eigenvalue weighted by atomic mass is 10.00. The molecular formula is C15H12N2O2. The summed E-state index contributed by atoms with van der Waals surface area (Å²) < 4.78 is 0. The number of aromatic amines is 1. The van der Waals surface area contributed by atoms with Gasteiger partial charge in [-0.1, -0.05) is 30.3 Å². The number of nitro benzene ring substituents is 1. The van der Waals surface area contributed by atoms with E-state index in [1.54, 1.807) is 12.1 Å². The summed E-state index contributed by atoms with van der Waals surface area (Å²) in [5.74, 6) is 0. The molecule has 0 aliphatic heterocycles. The maximum atomic E-state index is 11.2. The number of nitrogens with zero attached hydrogens (tertiary/aromatic N) is 1. The van der Waals surface area contributed by atoms with E-state index in [9.17, 15) is 10.1 Å². The number of hydrogen-bond donors (Lipinski definition) is 1. The molecule has 0 aliphatic carbocycles. The standard InChI is InChI=1S/C15H12N2O2/c18-17(19)15-7-6-14-12(8-9-16-14)13(15)10-11-4-2-1-3-5-11/h1-9,16H,10H2. The Balaban J connectivity index is 2.16. The molecule has 0 spiro atoms. The summed E-state index contributed by atoms with van der Waals surface area (Å²) in [4.78, 5) is 13.9. The molecule has 94 valence electrons. The molecule has 1 aromatic heterocycles. The second-order valence-electron chi connectivity index (χ2n) is 4.42. The summed E-state index contributed by atoms with van der Waals surface area (Å²) in [6.07, 6.45) is 2.37. The third-order valence-corrected chi connectivity index (χ3v) is 3.24. The molecule has 0 atom stereocenters. The fourth-order valence-corrected chi connectivity index (χ4v) is 2.34. The minimum absolute atomic E-state index is 0.177. The summed E-state index contributed by atoms with van der Waals surface area (Å²) in [5.41, 5.74) is 2.93. The molecule has 0 saturated carbocycles. The molecular weight excluding hydrogens is 240 g/mol. The first-order valence-electron chi connectivity index (χ1n) is 6.03. The van der Waals surface area contributed by atoms with Crippen molar-refractivity contribution in [3.05, 3.63) is 76.0 Å². The second kappa shape index (κ2) is 4.57. The van der Waals surface area contributed by atoms with E-state index in [0.717, 1.165) is 22.0 Å². The fourth-order valence-electron chi connectivity index (χ4n) is 2.34. The van der Waals surface area contributed by atoms with Crippen LogP contribution in [0.3, 0.4) is 0 Å². The smallest absolute Gasteiger partial charge is 0.273 e. The Morgan fingerprint density at radius 1 is 1.05 bits per heavy atom. The van der Waals surface area contributed by atoms with Gasteiger partial charge in [-0.05, 0) is 17.7 Å². The number of benzene rings is 2. The summed E-state index contributed by atoms with van der Waals surface area (Å²) in [5, 5.41) is 12.1. The Morgan fingerprint density at radius 3 is 2.58 bits per heavy atom. The largest absolute Gasteiger partial charge is 0.361 e. The highest BCUT2D eigenvalue weighted by molar-refractivity contribution is 5.86. The van der Waals surface area contributed by atoms with Crippen LogP contribution in [0.1, 0.15) is 11.1 Å². The molecule has 0 unspecified atom stereocenters. The second-order valence-corrected chi connectivity index (χ2v) is 4.42. The summed E-state index contributed by atoms with van der Waals surface area (Å²) in [6.45, 7) is 0. The van der Waals surface area contributed by atoms with Crippen molar-refractivity contribution < 1.29 is 4.92 Å². The lowest BCUT2D eigenvalue weighted by molar-refractivity contribution is -0.385. The van der Waals surface area contributed by atoms with Crippen molar-refractivity contribution in [3.63, 3.8) is 0 Å². The van der Waals surface area contributed by atoms with Crippen molar-refractivity contribution >= 4 is 16.6 Å². The van der Waals surface area contributed by atoms with E-state index in [1.807, 2.05) is 42.6 Å². The highest BCUT2D eigenvalue weighted by Gasteiger charge is 2.17. The zero-order valence-corrected chi connectivity index (χ0v) is 10.2. The van der Waals surface area contributed by atoms with Gasteiger partial charge in [-0.3, -0.25) is 10.1 Å². The molecule has 1 N–H and O–H groups in total. The molecule has 0 aliphatic rings. The van der Waals surface area contributed by atoms with Crippen LogP contribution in [-0.2, 0) is 6.42 Å². The van der Waals surface area contributed by atoms with Gasteiger partial charge in [0.05, 0.1) is 4.92 Å². The Hall–Kier alpha value is -2.62. The normalized spacial score (nSPS) is 10.7. The third kappa shape index (κ3) is 2.08. The molecule has 0 fully saturated rings. The van der Waals surface area contributed by atoms with Crippen LogP contribution >= 0.6 is 0 Å². The zero-order chi connectivity index (χ0) is 13.2. The van der Waals surface area contributed by atoms with Crippen LogP contribution in [0, 0.1) is 10.1 Å². The molecule has 3 rings (SSSR count). The van der Waals surface area contributed by atoms with Crippen LogP contribution in [0.15, 0.2) is 54.7 Å². The van der Waals surface area contributed by atoms with Gasteiger partial charge < -0.3 is 4.98 Å². The van der Waals surface area contributed by atoms with Gasteiger partial charge in [0.25, 0.3) is 5.69 Å².